The summed E-state index contributed by atoms with van der Waals surface area (Å²) in [5, 5.41) is 0. The highest BCUT2D eigenvalue weighted by Crippen LogP contribution is 2.19. The van der Waals surface area contributed by atoms with E-state index in [1.165, 1.54) is 18.2 Å². The number of sulfonamides is 1. The Bertz CT molecular complexity index is 670. The predicted molar refractivity (Wildman–Crippen MR) is 68.3 cm³/mol. The molecule has 0 unspecified atom stereocenters. The Kier molecular flexibility index (Phi) is 3.93. The van der Waals surface area contributed by atoms with Crippen molar-refractivity contribution in [3.8, 4) is 0 Å². The molecule has 0 amide bonds. The van der Waals surface area contributed by atoms with Crippen molar-refractivity contribution in [3.63, 3.8) is 0 Å². The maximum absolute atomic E-state index is 13.4. The molecule has 0 radical (unpaired) electrons. The molecule has 1 aliphatic heterocycles. The van der Waals surface area contributed by atoms with Crippen LogP contribution in [0.2, 0.25) is 0 Å². The molecule has 0 aromatic heterocycles. The molecule has 0 saturated carbocycles. The predicted octanol–water partition coefficient (Wildman–Crippen LogP) is 0.539. The first-order chi connectivity index (χ1) is 8.80. The second kappa shape index (κ2) is 5.18. The lowest BCUT2D eigenvalue weighted by Gasteiger charge is -2.10. The molecular weight excluding hydrogens is 293 g/mol. The van der Waals surface area contributed by atoms with Crippen molar-refractivity contribution < 1.29 is 21.2 Å². The Morgan fingerprint density at radius 2 is 2.00 bits per heavy atom. The molecule has 1 aromatic rings. The second-order valence-electron chi connectivity index (χ2n) is 4.55. The van der Waals surface area contributed by atoms with Crippen molar-refractivity contribution in [2.24, 2.45) is 5.92 Å². The maximum Gasteiger partial charge on any atom is 0.243 e. The molecule has 106 valence electrons. The third-order valence-electron chi connectivity index (χ3n) is 3.01. The van der Waals surface area contributed by atoms with E-state index in [-0.39, 0.29) is 24.0 Å². The lowest BCUT2D eigenvalue weighted by atomic mass is 10.1. The van der Waals surface area contributed by atoms with Crippen LogP contribution >= 0.6 is 0 Å². The van der Waals surface area contributed by atoms with Crippen LogP contribution in [0.15, 0.2) is 29.2 Å². The van der Waals surface area contributed by atoms with Gasteiger partial charge < -0.3 is 0 Å². The summed E-state index contributed by atoms with van der Waals surface area (Å²) in [6, 6.07) is 5.06. The molecule has 19 heavy (non-hydrogen) atoms. The molecule has 0 bridgehead atoms. The van der Waals surface area contributed by atoms with Crippen molar-refractivity contribution in [3.05, 3.63) is 30.1 Å². The minimum absolute atomic E-state index is 0.00982. The zero-order valence-corrected chi connectivity index (χ0v) is 11.7. The fourth-order valence-electron chi connectivity index (χ4n) is 2.00. The lowest BCUT2D eigenvalue weighted by Crippen LogP contribution is -2.30. The van der Waals surface area contributed by atoms with Crippen LogP contribution in [0.1, 0.15) is 6.42 Å². The number of nitrogens with one attached hydrogen (secondary N) is 1. The van der Waals surface area contributed by atoms with Crippen molar-refractivity contribution in [1.29, 1.82) is 0 Å². The zero-order valence-electron chi connectivity index (χ0n) is 10.0. The van der Waals surface area contributed by atoms with E-state index in [1.807, 2.05) is 0 Å². The number of halogens is 1. The number of hydrogen-bond donors (Lipinski definition) is 1. The van der Waals surface area contributed by atoms with Crippen LogP contribution in [0.5, 0.6) is 0 Å². The molecule has 5 nitrogen and oxygen atoms in total. The van der Waals surface area contributed by atoms with Crippen LogP contribution in [-0.4, -0.2) is 34.9 Å². The highest BCUT2D eigenvalue weighted by molar-refractivity contribution is 7.91. The van der Waals surface area contributed by atoms with Gasteiger partial charge >= 0.3 is 0 Å². The molecule has 1 aromatic carbocycles. The first-order valence-corrected chi connectivity index (χ1v) is 9.05. The molecular formula is C11H14FNO4S2. The molecule has 8 heteroatoms. The van der Waals surface area contributed by atoms with E-state index >= 15 is 0 Å². The summed E-state index contributed by atoms with van der Waals surface area (Å²) in [6.45, 7) is 0.00982. The quantitative estimate of drug-likeness (QED) is 0.880. The molecule has 1 fully saturated rings. The molecule has 2 rings (SSSR count). The summed E-state index contributed by atoms with van der Waals surface area (Å²) in [5.41, 5.74) is 0. The molecule has 1 N–H and O–H groups in total. The van der Waals surface area contributed by atoms with Crippen molar-refractivity contribution in [1.82, 2.24) is 4.72 Å². The normalized spacial score (nSPS) is 22.5. The summed E-state index contributed by atoms with van der Waals surface area (Å²) in [7, 11) is -6.98. The number of benzene rings is 1. The monoisotopic (exact) mass is 307 g/mol. The van der Waals surface area contributed by atoms with Gasteiger partial charge in [0, 0.05) is 6.54 Å². The second-order valence-corrected chi connectivity index (χ2v) is 8.52. The van der Waals surface area contributed by atoms with Crippen LogP contribution in [0.3, 0.4) is 0 Å². The van der Waals surface area contributed by atoms with Gasteiger partial charge in [-0.25, -0.2) is 25.9 Å². The van der Waals surface area contributed by atoms with Gasteiger partial charge in [-0.2, -0.15) is 0 Å². The van der Waals surface area contributed by atoms with Crippen LogP contribution in [0, 0.1) is 11.7 Å². The lowest BCUT2D eigenvalue weighted by molar-refractivity contribution is 0.532. The molecule has 0 spiro atoms. The fraction of sp³-hybridized carbons (Fsp3) is 0.455. The largest absolute Gasteiger partial charge is 0.243 e. The third kappa shape index (κ3) is 3.52. The maximum atomic E-state index is 13.4. The van der Waals surface area contributed by atoms with Crippen LogP contribution in [0.4, 0.5) is 4.39 Å². The summed E-state index contributed by atoms with van der Waals surface area (Å²) in [5.74, 6) is -1.01. The summed E-state index contributed by atoms with van der Waals surface area (Å²) < 4.78 is 61.9. The summed E-state index contributed by atoms with van der Waals surface area (Å²) in [6.07, 6.45) is 0.433. The van der Waals surface area contributed by atoms with Crippen molar-refractivity contribution in [2.75, 3.05) is 18.1 Å². The molecule has 1 aliphatic rings. The van der Waals surface area contributed by atoms with E-state index in [9.17, 15) is 21.2 Å². The van der Waals surface area contributed by atoms with Gasteiger partial charge in [0.2, 0.25) is 10.0 Å². The van der Waals surface area contributed by atoms with Crippen molar-refractivity contribution >= 4 is 19.9 Å². The average molecular weight is 307 g/mol. The van der Waals surface area contributed by atoms with Gasteiger partial charge in [-0.15, -0.1) is 0 Å². The third-order valence-corrected chi connectivity index (χ3v) is 6.31. The number of rotatable bonds is 4. The minimum Gasteiger partial charge on any atom is -0.229 e. The fourth-order valence-corrected chi connectivity index (χ4v) is 5.06. The Balaban J connectivity index is 2.05. The minimum atomic E-state index is -3.94. The molecule has 1 heterocycles. The Morgan fingerprint density at radius 1 is 1.32 bits per heavy atom. The first-order valence-electron chi connectivity index (χ1n) is 5.75. The Hall–Kier alpha value is -0.990. The highest BCUT2D eigenvalue weighted by Gasteiger charge is 2.29. The summed E-state index contributed by atoms with van der Waals surface area (Å²) in [4.78, 5) is -0.421. The SMILES string of the molecule is O=S1(=O)CC[C@H](CNS(=O)(=O)c2ccccc2F)C1. The Labute approximate surface area is 111 Å². The van der Waals surface area contributed by atoms with Gasteiger partial charge in [0.05, 0.1) is 11.5 Å². The Morgan fingerprint density at radius 3 is 2.58 bits per heavy atom. The zero-order chi connectivity index (χ0) is 14.1. The topological polar surface area (TPSA) is 80.3 Å². The highest BCUT2D eigenvalue weighted by atomic mass is 32.2. The van der Waals surface area contributed by atoms with E-state index in [0.29, 0.717) is 6.42 Å². The first kappa shape index (κ1) is 14.4. The molecule has 1 atom stereocenters. The molecule has 1 saturated heterocycles. The standard InChI is InChI=1S/C11H14FNO4S2/c12-10-3-1-2-4-11(10)19(16,17)13-7-9-5-6-18(14,15)8-9/h1-4,9,13H,5-8H2/t9-/m1/s1. The van der Waals surface area contributed by atoms with E-state index in [0.717, 1.165) is 6.07 Å². The number of sulfone groups is 1. The van der Waals surface area contributed by atoms with Crippen LogP contribution in [-0.2, 0) is 19.9 Å². The van der Waals surface area contributed by atoms with E-state index in [4.69, 9.17) is 0 Å². The van der Waals surface area contributed by atoms with Gasteiger partial charge in [0.25, 0.3) is 0 Å². The number of hydrogen-bond acceptors (Lipinski definition) is 4. The van der Waals surface area contributed by atoms with Gasteiger partial charge in [0.1, 0.15) is 10.7 Å². The van der Waals surface area contributed by atoms with Gasteiger partial charge in [-0.1, -0.05) is 12.1 Å². The van der Waals surface area contributed by atoms with Crippen molar-refractivity contribution in [2.45, 2.75) is 11.3 Å². The van der Waals surface area contributed by atoms with E-state index < -0.39 is 30.6 Å². The van der Waals surface area contributed by atoms with Gasteiger partial charge in [-0.05, 0) is 24.5 Å². The van der Waals surface area contributed by atoms with E-state index in [1.54, 1.807) is 0 Å². The smallest absolute Gasteiger partial charge is 0.229 e. The van der Waals surface area contributed by atoms with Crippen LogP contribution in [0.25, 0.3) is 0 Å². The van der Waals surface area contributed by atoms with Gasteiger partial charge in [-0.3, -0.25) is 0 Å². The van der Waals surface area contributed by atoms with Gasteiger partial charge in [0.15, 0.2) is 9.84 Å². The molecule has 0 aliphatic carbocycles. The van der Waals surface area contributed by atoms with E-state index in [2.05, 4.69) is 4.72 Å². The summed E-state index contributed by atoms with van der Waals surface area (Å²) >= 11 is 0. The van der Waals surface area contributed by atoms with Crippen LogP contribution < -0.4 is 4.72 Å². The average Bonchev–Trinajstić information content (AvgIpc) is 2.67.